The number of aryl methyl sites for hydroxylation is 1. The van der Waals surface area contributed by atoms with E-state index in [1.54, 1.807) is 14.2 Å². The molecule has 35 heavy (non-hydrogen) atoms. The molecule has 5 rings (SSSR count). The monoisotopic (exact) mass is 475 g/mol. The van der Waals surface area contributed by atoms with Crippen LogP contribution in [0.5, 0.6) is 11.5 Å². The minimum atomic E-state index is 0.378. The first-order chi connectivity index (χ1) is 17.1. The number of fused-ring (bicyclic) bond motifs is 1. The molecule has 7 heteroatoms. The van der Waals surface area contributed by atoms with Crippen LogP contribution in [0.3, 0.4) is 0 Å². The number of likely N-dealkylation sites (tertiary alicyclic amines) is 1. The summed E-state index contributed by atoms with van der Waals surface area (Å²) in [6, 6.07) is 13.1. The molecule has 2 aliphatic heterocycles. The summed E-state index contributed by atoms with van der Waals surface area (Å²) in [5.41, 5.74) is 3.68. The topological polar surface area (TPSA) is 62.8 Å². The number of ether oxygens (including phenoxy) is 2. The van der Waals surface area contributed by atoms with Gasteiger partial charge in [-0.15, -0.1) is 0 Å². The van der Waals surface area contributed by atoms with E-state index in [1.165, 1.54) is 30.4 Å². The maximum absolute atomic E-state index is 5.59. The smallest absolute Gasteiger partial charge is 0.227 e. The molecular weight excluding hydrogens is 438 g/mol. The van der Waals surface area contributed by atoms with Crippen LogP contribution in [0.25, 0.3) is 10.9 Å². The largest absolute Gasteiger partial charge is 0.493 e. The Hall–Kier alpha value is -3.06. The predicted octanol–water partition coefficient (Wildman–Crippen LogP) is 5.02. The lowest BCUT2D eigenvalue weighted by Gasteiger charge is -2.33. The molecule has 7 nitrogen and oxygen atoms in total. The summed E-state index contributed by atoms with van der Waals surface area (Å²) in [7, 11) is 3.34. The number of aromatic nitrogens is 2. The molecule has 1 N–H and O–H groups in total. The molecule has 0 unspecified atom stereocenters. The molecular formula is C28H37N5O2. The van der Waals surface area contributed by atoms with Crippen molar-refractivity contribution in [2.24, 2.45) is 0 Å². The number of nitrogens with zero attached hydrogens (tertiary/aromatic N) is 4. The minimum absolute atomic E-state index is 0.378. The third-order valence-electron chi connectivity index (χ3n) is 7.41. The van der Waals surface area contributed by atoms with Crippen molar-refractivity contribution in [1.82, 2.24) is 14.9 Å². The van der Waals surface area contributed by atoms with Crippen LogP contribution in [-0.4, -0.2) is 61.3 Å². The van der Waals surface area contributed by atoms with E-state index >= 15 is 0 Å². The van der Waals surface area contributed by atoms with E-state index in [0.29, 0.717) is 17.5 Å². The van der Waals surface area contributed by atoms with Crippen molar-refractivity contribution in [3.8, 4) is 11.5 Å². The maximum Gasteiger partial charge on any atom is 0.227 e. The van der Waals surface area contributed by atoms with Gasteiger partial charge < -0.3 is 19.7 Å². The highest BCUT2D eigenvalue weighted by Gasteiger charge is 2.23. The third kappa shape index (κ3) is 5.30. The second-order valence-electron chi connectivity index (χ2n) is 9.77. The molecule has 186 valence electrons. The van der Waals surface area contributed by atoms with Crippen molar-refractivity contribution in [2.75, 3.05) is 50.6 Å². The van der Waals surface area contributed by atoms with E-state index in [9.17, 15) is 0 Å². The Labute approximate surface area is 208 Å². The number of hydrogen-bond donors (Lipinski definition) is 1. The molecule has 2 saturated heterocycles. The summed E-state index contributed by atoms with van der Waals surface area (Å²) in [5.74, 6) is 3.10. The van der Waals surface area contributed by atoms with E-state index in [0.717, 1.165) is 68.2 Å². The second kappa shape index (κ2) is 10.7. The first kappa shape index (κ1) is 23.7. The van der Waals surface area contributed by atoms with Gasteiger partial charge in [-0.1, -0.05) is 24.3 Å². The Morgan fingerprint density at radius 2 is 1.63 bits per heavy atom. The van der Waals surface area contributed by atoms with Gasteiger partial charge >= 0.3 is 0 Å². The molecule has 0 saturated carbocycles. The Morgan fingerprint density at radius 3 is 2.34 bits per heavy atom. The maximum atomic E-state index is 5.59. The molecule has 3 aromatic rings. The SMILES string of the molecule is COc1cc2nc(N3CCCCC3)nc(NC3CCN(Cc4ccccc4C)CC3)c2cc1OC. The Bertz CT molecular complexity index is 1150. The zero-order valence-corrected chi connectivity index (χ0v) is 21.2. The first-order valence-corrected chi connectivity index (χ1v) is 12.9. The zero-order valence-electron chi connectivity index (χ0n) is 21.2. The molecule has 0 bridgehead atoms. The van der Waals surface area contributed by atoms with Crippen LogP contribution in [0.4, 0.5) is 11.8 Å². The van der Waals surface area contributed by atoms with Gasteiger partial charge in [0.25, 0.3) is 0 Å². The fourth-order valence-electron chi connectivity index (χ4n) is 5.25. The normalized spacial score (nSPS) is 17.5. The van der Waals surface area contributed by atoms with Crippen molar-refractivity contribution in [3.63, 3.8) is 0 Å². The summed E-state index contributed by atoms with van der Waals surface area (Å²) in [5, 5.41) is 4.76. The van der Waals surface area contributed by atoms with Gasteiger partial charge in [-0.05, 0) is 56.2 Å². The van der Waals surface area contributed by atoms with Crippen LogP contribution in [0.1, 0.15) is 43.2 Å². The van der Waals surface area contributed by atoms with Crippen LogP contribution < -0.4 is 19.7 Å². The van der Waals surface area contributed by atoms with Gasteiger partial charge in [0.1, 0.15) is 5.82 Å². The zero-order chi connectivity index (χ0) is 24.2. The quantitative estimate of drug-likeness (QED) is 0.515. The Kier molecular flexibility index (Phi) is 7.23. The number of nitrogens with one attached hydrogen (secondary N) is 1. The van der Waals surface area contributed by atoms with Crippen LogP contribution in [0, 0.1) is 6.92 Å². The average Bonchev–Trinajstić information content (AvgIpc) is 2.90. The van der Waals surface area contributed by atoms with Gasteiger partial charge in [0.05, 0.1) is 19.7 Å². The minimum Gasteiger partial charge on any atom is -0.493 e. The average molecular weight is 476 g/mol. The van der Waals surface area contributed by atoms with Crippen molar-refractivity contribution >= 4 is 22.7 Å². The Balaban J connectivity index is 1.37. The molecule has 2 aromatic carbocycles. The van der Waals surface area contributed by atoms with Gasteiger partial charge in [0.15, 0.2) is 11.5 Å². The van der Waals surface area contributed by atoms with Crippen LogP contribution >= 0.6 is 0 Å². The number of rotatable bonds is 7. The summed E-state index contributed by atoms with van der Waals surface area (Å²) >= 11 is 0. The molecule has 0 atom stereocenters. The summed E-state index contributed by atoms with van der Waals surface area (Å²) in [6.07, 6.45) is 5.83. The molecule has 0 radical (unpaired) electrons. The fraction of sp³-hybridized carbons (Fsp3) is 0.500. The van der Waals surface area contributed by atoms with Crippen LogP contribution in [0.15, 0.2) is 36.4 Å². The molecule has 2 fully saturated rings. The summed E-state index contributed by atoms with van der Waals surface area (Å²) in [6.45, 7) is 7.39. The van der Waals surface area contributed by atoms with Crippen molar-refractivity contribution < 1.29 is 9.47 Å². The van der Waals surface area contributed by atoms with E-state index in [2.05, 4.69) is 46.3 Å². The third-order valence-corrected chi connectivity index (χ3v) is 7.41. The lowest BCUT2D eigenvalue weighted by Crippen LogP contribution is -2.39. The van der Waals surface area contributed by atoms with E-state index in [-0.39, 0.29) is 0 Å². The standard InChI is InChI=1S/C28H37N5O2/c1-20-9-5-6-10-21(20)19-32-15-11-22(12-16-32)29-27-23-17-25(34-2)26(35-3)18-24(23)30-28(31-27)33-13-7-4-8-14-33/h5-6,9-10,17-18,22H,4,7-8,11-16,19H2,1-3H3,(H,29,30,31). The van der Waals surface area contributed by atoms with E-state index < -0.39 is 0 Å². The van der Waals surface area contributed by atoms with E-state index in [4.69, 9.17) is 19.4 Å². The van der Waals surface area contributed by atoms with Gasteiger partial charge in [0.2, 0.25) is 5.95 Å². The predicted molar refractivity (Wildman–Crippen MR) is 142 cm³/mol. The highest BCUT2D eigenvalue weighted by Crippen LogP contribution is 2.36. The van der Waals surface area contributed by atoms with Gasteiger partial charge in [-0.2, -0.15) is 4.98 Å². The number of hydrogen-bond acceptors (Lipinski definition) is 7. The van der Waals surface area contributed by atoms with Gasteiger partial charge in [0, 0.05) is 50.2 Å². The second-order valence-corrected chi connectivity index (χ2v) is 9.77. The van der Waals surface area contributed by atoms with Gasteiger partial charge in [-0.3, -0.25) is 4.90 Å². The number of methoxy groups -OCH3 is 2. The van der Waals surface area contributed by atoms with Crippen molar-refractivity contribution in [2.45, 2.75) is 51.6 Å². The van der Waals surface area contributed by atoms with Crippen LogP contribution in [0.2, 0.25) is 0 Å². The van der Waals surface area contributed by atoms with Crippen molar-refractivity contribution in [3.05, 3.63) is 47.5 Å². The fourth-order valence-corrected chi connectivity index (χ4v) is 5.25. The number of piperidine rings is 2. The summed E-state index contributed by atoms with van der Waals surface area (Å²) in [4.78, 5) is 14.9. The highest BCUT2D eigenvalue weighted by molar-refractivity contribution is 5.93. The Morgan fingerprint density at radius 1 is 0.914 bits per heavy atom. The molecule has 3 heterocycles. The number of benzene rings is 2. The molecule has 0 aliphatic carbocycles. The molecule has 1 aromatic heterocycles. The molecule has 2 aliphatic rings. The van der Waals surface area contributed by atoms with Gasteiger partial charge in [-0.25, -0.2) is 4.98 Å². The van der Waals surface area contributed by atoms with Crippen molar-refractivity contribution in [1.29, 1.82) is 0 Å². The lowest BCUT2D eigenvalue weighted by atomic mass is 10.0. The van der Waals surface area contributed by atoms with E-state index in [1.807, 2.05) is 12.1 Å². The number of anilines is 2. The van der Waals surface area contributed by atoms with Crippen LogP contribution in [-0.2, 0) is 6.54 Å². The first-order valence-electron chi connectivity index (χ1n) is 12.9. The lowest BCUT2D eigenvalue weighted by molar-refractivity contribution is 0.211. The molecule has 0 spiro atoms. The molecule has 0 amide bonds. The highest BCUT2D eigenvalue weighted by atomic mass is 16.5. The summed E-state index contributed by atoms with van der Waals surface area (Å²) < 4.78 is 11.2.